The summed E-state index contributed by atoms with van der Waals surface area (Å²) in [7, 11) is 0. The quantitative estimate of drug-likeness (QED) is 0.786. The van der Waals surface area contributed by atoms with Crippen molar-refractivity contribution in [3.05, 3.63) is 81.8 Å². The molecule has 0 unspecified atom stereocenters. The van der Waals surface area contributed by atoms with Crippen LogP contribution in [0.25, 0.3) is 11.4 Å². The van der Waals surface area contributed by atoms with Crippen molar-refractivity contribution in [3.8, 4) is 11.4 Å². The minimum Gasteiger partial charge on any atom is -0.324 e. The molecule has 1 amide bonds. The van der Waals surface area contributed by atoms with Crippen LogP contribution in [0.1, 0.15) is 16.8 Å². The maximum absolute atomic E-state index is 12.6. The first kappa shape index (κ1) is 17.6. The molecule has 0 saturated carbocycles. The van der Waals surface area contributed by atoms with Crippen LogP contribution in [0.2, 0.25) is 0 Å². The van der Waals surface area contributed by atoms with Gasteiger partial charge in [0.15, 0.2) is 0 Å². The van der Waals surface area contributed by atoms with Gasteiger partial charge >= 0.3 is 0 Å². The number of aryl methyl sites for hydroxylation is 3. The van der Waals surface area contributed by atoms with Crippen molar-refractivity contribution in [1.82, 2.24) is 9.55 Å². The molecule has 1 heterocycles. The molecule has 1 N–H and O–H groups in total. The van der Waals surface area contributed by atoms with Crippen LogP contribution in [0.3, 0.4) is 0 Å². The summed E-state index contributed by atoms with van der Waals surface area (Å²) in [5.74, 6) is 0.232. The molecule has 2 aromatic carbocycles. The highest BCUT2D eigenvalue weighted by molar-refractivity contribution is 5.91. The largest absolute Gasteiger partial charge is 0.324 e. The van der Waals surface area contributed by atoms with Crippen LogP contribution >= 0.6 is 0 Å². The third-order valence-electron chi connectivity index (χ3n) is 4.14. The molecule has 0 radical (unpaired) electrons. The number of benzene rings is 2. The van der Waals surface area contributed by atoms with E-state index >= 15 is 0 Å². The molecular weight excluding hydrogens is 326 g/mol. The number of rotatable bonds is 4. The zero-order valence-corrected chi connectivity index (χ0v) is 15.1. The minimum atomic E-state index is -0.261. The van der Waals surface area contributed by atoms with Crippen LogP contribution in [-0.2, 0) is 11.3 Å². The smallest absolute Gasteiger partial charge is 0.254 e. The number of carbonyl (C=O) groups excluding carboxylic acids is 1. The summed E-state index contributed by atoms with van der Waals surface area (Å²) < 4.78 is 1.41. The fourth-order valence-electron chi connectivity index (χ4n) is 2.78. The second kappa shape index (κ2) is 7.35. The molecule has 0 aliphatic heterocycles. The molecular formula is C21H21N3O2. The molecule has 132 valence electrons. The minimum absolute atomic E-state index is 0.0935. The van der Waals surface area contributed by atoms with Crippen LogP contribution in [-0.4, -0.2) is 15.5 Å². The van der Waals surface area contributed by atoms with Gasteiger partial charge in [0, 0.05) is 23.0 Å². The molecule has 0 spiro atoms. The topological polar surface area (TPSA) is 64.0 Å². The van der Waals surface area contributed by atoms with Crippen molar-refractivity contribution in [3.63, 3.8) is 0 Å². The second-order valence-electron chi connectivity index (χ2n) is 6.38. The SMILES string of the molecule is Cc1ccc(C)c(NC(=O)Cn2c(-c3ccccc3)nc(C)cc2=O)c1. The number of hydrogen-bond donors (Lipinski definition) is 1. The number of amides is 1. The van der Waals surface area contributed by atoms with Gasteiger partial charge < -0.3 is 5.32 Å². The zero-order valence-electron chi connectivity index (χ0n) is 15.1. The highest BCUT2D eigenvalue weighted by atomic mass is 16.2. The Hall–Kier alpha value is -3.21. The average molecular weight is 347 g/mol. The Balaban J connectivity index is 1.93. The molecule has 0 aliphatic carbocycles. The van der Waals surface area contributed by atoms with E-state index in [9.17, 15) is 9.59 Å². The molecule has 0 atom stereocenters. The summed E-state index contributed by atoms with van der Waals surface area (Å²) in [6.07, 6.45) is 0. The van der Waals surface area contributed by atoms with Crippen molar-refractivity contribution in [1.29, 1.82) is 0 Å². The molecule has 5 nitrogen and oxygen atoms in total. The highest BCUT2D eigenvalue weighted by Gasteiger charge is 2.13. The monoisotopic (exact) mass is 347 g/mol. The standard InChI is InChI=1S/C21H21N3O2/c1-14-9-10-15(2)18(11-14)23-19(25)13-24-20(26)12-16(3)22-21(24)17-7-5-4-6-8-17/h4-12H,13H2,1-3H3,(H,23,25). The third-order valence-corrected chi connectivity index (χ3v) is 4.14. The Morgan fingerprint density at radius 2 is 1.77 bits per heavy atom. The van der Waals surface area contributed by atoms with E-state index in [4.69, 9.17) is 0 Å². The lowest BCUT2D eigenvalue weighted by Crippen LogP contribution is -2.29. The lowest BCUT2D eigenvalue weighted by atomic mass is 10.1. The summed E-state index contributed by atoms with van der Waals surface area (Å²) in [5, 5.41) is 2.89. The first-order chi connectivity index (χ1) is 12.4. The Kier molecular flexibility index (Phi) is 4.98. The summed E-state index contributed by atoms with van der Waals surface area (Å²) >= 11 is 0. The number of carbonyl (C=O) groups is 1. The third kappa shape index (κ3) is 3.88. The van der Waals surface area contributed by atoms with E-state index in [0.717, 1.165) is 22.4 Å². The maximum atomic E-state index is 12.6. The van der Waals surface area contributed by atoms with Crippen molar-refractivity contribution < 1.29 is 4.79 Å². The van der Waals surface area contributed by atoms with Gasteiger partial charge in [0.05, 0.1) is 0 Å². The van der Waals surface area contributed by atoms with Crippen molar-refractivity contribution >= 4 is 11.6 Å². The normalized spacial score (nSPS) is 10.6. The van der Waals surface area contributed by atoms with E-state index in [1.165, 1.54) is 10.6 Å². The van der Waals surface area contributed by atoms with Crippen LogP contribution < -0.4 is 10.9 Å². The van der Waals surface area contributed by atoms with E-state index in [2.05, 4.69) is 10.3 Å². The molecule has 0 fully saturated rings. The lowest BCUT2D eigenvalue weighted by molar-refractivity contribution is -0.116. The highest BCUT2D eigenvalue weighted by Crippen LogP contribution is 2.18. The van der Waals surface area contributed by atoms with Gasteiger partial charge in [-0.25, -0.2) is 4.98 Å². The number of hydrogen-bond acceptors (Lipinski definition) is 3. The zero-order chi connectivity index (χ0) is 18.7. The van der Waals surface area contributed by atoms with E-state index in [-0.39, 0.29) is 18.0 Å². The molecule has 0 aliphatic rings. The Morgan fingerprint density at radius 3 is 2.50 bits per heavy atom. The maximum Gasteiger partial charge on any atom is 0.254 e. The van der Waals surface area contributed by atoms with Crippen molar-refractivity contribution in [2.24, 2.45) is 0 Å². The van der Waals surface area contributed by atoms with Gasteiger partial charge in [0.25, 0.3) is 5.56 Å². The van der Waals surface area contributed by atoms with E-state index in [1.807, 2.05) is 62.4 Å². The van der Waals surface area contributed by atoms with Crippen LogP contribution in [0, 0.1) is 20.8 Å². The Morgan fingerprint density at radius 1 is 1.04 bits per heavy atom. The van der Waals surface area contributed by atoms with Gasteiger partial charge in [0.2, 0.25) is 5.91 Å². The van der Waals surface area contributed by atoms with E-state index in [0.29, 0.717) is 11.5 Å². The van der Waals surface area contributed by atoms with Crippen LogP contribution in [0.5, 0.6) is 0 Å². The van der Waals surface area contributed by atoms with E-state index < -0.39 is 0 Å². The fraction of sp³-hybridized carbons (Fsp3) is 0.190. The fourth-order valence-corrected chi connectivity index (χ4v) is 2.78. The number of anilines is 1. The molecule has 0 bridgehead atoms. The van der Waals surface area contributed by atoms with E-state index in [1.54, 1.807) is 6.92 Å². The van der Waals surface area contributed by atoms with Crippen LogP contribution in [0.15, 0.2) is 59.4 Å². The van der Waals surface area contributed by atoms with Gasteiger partial charge in [-0.1, -0.05) is 42.5 Å². The molecule has 0 saturated heterocycles. The van der Waals surface area contributed by atoms with Crippen LogP contribution in [0.4, 0.5) is 5.69 Å². The predicted molar refractivity (Wildman–Crippen MR) is 103 cm³/mol. The summed E-state index contributed by atoms with van der Waals surface area (Å²) in [4.78, 5) is 29.5. The molecule has 1 aromatic heterocycles. The van der Waals surface area contributed by atoms with Gasteiger partial charge in [-0.15, -0.1) is 0 Å². The van der Waals surface area contributed by atoms with Gasteiger partial charge in [-0.2, -0.15) is 0 Å². The molecule has 5 heteroatoms. The van der Waals surface area contributed by atoms with Gasteiger partial charge in [-0.05, 0) is 38.0 Å². The molecule has 3 rings (SSSR count). The predicted octanol–water partition coefficient (Wildman–Crippen LogP) is 3.47. The summed E-state index contributed by atoms with van der Waals surface area (Å²) in [6.45, 7) is 5.58. The summed E-state index contributed by atoms with van der Waals surface area (Å²) in [5.41, 5.74) is 3.97. The summed E-state index contributed by atoms with van der Waals surface area (Å²) in [6, 6.07) is 16.7. The first-order valence-electron chi connectivity index (χ1n) is 8.45. The number of nitrogens with zero attached hydrogens (tertiary/aromatic N) is 2. The molecule has 26 heavy (non-hydrogen) atoms. The van der Waals surface area contributed by atoms with Crippen molar-refractivity contribution in [2.45, 2.75) is 27.3 Å². The molecule has 3 aromatic rings. The Bertz CT molecular complexity index is 1010. The first-order valence-corrected chi connectivity index (χ1v) is 8.45. The Labute approximate surface area is 152 Å². The average Bonchev–Trinajstić information content (AvgIpc) is 2.61. The van der Waals surface area contributed by atoms with Gasteiger partial charge in [0.1, 0.15) is 12.4 Å². The number of aromatic nitrogens is 2. The second-order valence-corrected chi connectivity index (χ2v) is 6.38. The lowest BCUT2D eigenvalue weighted by Gasteiger charge is -2.14. The van der Waals surface area contributed by atoms with Gasteiger partial charge in [-0.3, -0.25) is 14.2 Å². The number of nitrogens with one attached hydrogen (secondary N) is 1. The van der Waals surface area contributed by atoms with Crippen molar-refractivity contribution in [2.75, 3.05) is 5.32 Å².